The number of rotatable bonds is 14. The molecule has 1 unspecified atom stereocenters. The molecule has 0 saturated carbocycles. The van der Waals surface area contributed by atoms with Gasteiger partial charge < -0.3 is 30.3 Å². The van der Waals surface area contributed by atoms with Crippen molar-refractivity contribution >= 4 is 6.29 Å². The first kappa shape index (κ1) is 33.2. The van der Waals surface area contributed by atoms with Crippen LogP contribution in [-0.4, -0.2) is 121 Å². The van der Waals surface area contributed by atoms with Crippen molar-refractivity contribution in [2.24, 2.45) is 0 Å². The highest BCUT2D eigenvalue weighted by molar-refractivity contribution is 5.57. The third kappa shape index (κ3) is 15.9. The van der Waals surface area contributed by atoms with Crippen LogP contribution < -0.4 is 10.6 Å². The lowest BCUT2D eigenvalue weighted by Gasteiger charge is -2.35. The maximum atomic E-state index is 11.4. The fraction of sp³-hybridized carbons (Fsp3) is 0.759. The standard InChI is InChI=1S/C29H56N6O2/c1-9-32-14-15-33(22-25(2)3)16-17-34(23-26(4)37)19-21-35(20-18-32)27(5)30-13-11-10-12-28(24-36)31-29(6,7)8/h24,28,30-31,37H,2,4-5,9-23H2,1,3,6-8H3. The number of aliphatic hydroxyl groups excluding tert-OH is 1. The van der Waals surface area contributed by atoms with Crippen LogP contribution in [0.15, 0.2) is 36.9 Å². The maximum absolute atomic E-state index is 11.4. The minimum Gasteiger partial charge on any atom is -0.512 e. The van der Waals surface area contributed by atoms with Crippen molar-refractivity contribution in [3.63, 3.8) is 0 Å². The summed E-state index contributed by atoms with van der Waals surface area (Å²) in [5.74, 6) is 1.15. The van der Waals surface area contributed by atoms with Gasteiger partial charge in [0.25, 0.3) is 0 Å². The molecule has 1 aliphatic heterocycles. The van der Waals surface area contributed by atoms with Gasteiger partial charge in [-0.15, -0.1) is 0 Å². The van der Waals surface area contributed by atoms with Crippen molar-refractivity contribution in [3.8, 4) is 0 Å². The van der Waals surface area contributed by atoms with Crippen molar-refractivity contribution in [2.45, 2.75) is 65.5 Å². The fourth-order valence-corrected chi connectivity index (χ4v) is 4.64. The Labute approximate surface area is 227 Å². The van der Waals surface area contributed by atoms with Crippen molar-refractivity contribution in [1.82, 2.24) is 30.2 Å². The lowest BCUT2D eigenvalue weighted by Crippen LogP contribution is -2.47. The van der Waals surface area contributed by atoms with E-state index >= 15 is 0 Å². The number of aldehydes is 1. The molecule has 0 radical (unpaired) electrons. The van der Waals surface area contributed by atoms with Gasteiger partial charge in [-0.25, -0.2) is 0 Å². The summed E-state index contributed by atoms with van der Waals surface area (Å²) >= 11 is 0. The Morgan fingerprint density at radius 3 is 1.97 bits per heavy atom. The third-order valence-electron chi connectivity index (χ3n) is 6.62. The Balaban J connectivity index is 2.69. The van der Waals surface area contributed by atoms with Gasteiger partial charge in [0.05, 0.1) is 24.2 Å². The summed E-state index contributed by atoms with van der Waals surface area (Å²) in [5.41, 5.74) is 1.11. The summed E-state index contributed by atoms with van der Waals surface area (Å²) in [6.07, 6.45) is 3.83. The molecule has 1 rings (SSSR count). The van der Waals surface area contributed by atoms with Gasteiger partial charge in [-0.3, -0.25) is 9.80 Å². The predicted molar refractivity (Wildman–Crippen MR) is 157 cm³/mol. The summed E-state index contributed by atoms with van der Waals surface area (Å²) < 4.78 is 0. The zero-order valence-corrected chi connectivity index (χ0v) is 24.5. The van der Waals surface area contributed by atoms with Crippen molar-refractivity contribution in [1.29, 1.82) is 0 Å². The molecule has 1 heterocycles. The maximum Gasteiger partial charge on any atom is 0.136 e. The number of unbranched alkanes of at least 4 members (excludes halogenated alkanes) is 1. The second-order valence-electron chi connectivity index (χ2n) is 11.5. The molecule has 37 heavy (non-hydrogen) atoms. The first-order chi connectivity index (χ1) is 17.4. The van der Waals surface area contributed by atoms with Crippen LogP contribution in [0.1, 0.15) is 53.9 Å². The van der Waals surface area contributed by atoms with Crippen LogP contribution >= 0.6 is 0 Å². The molecule has 0 aromatic rings. The van der Waals surface area contributed by atoms with E-state index in [1.807, 2.05) is 0 Å². The van der Waals surface area contributed by atoms with E-state index in [1.54, 1.807) is 0 Å². The van der Waals surface area contributed by atoms with E-state index in [-0.39, 0.29) is 17.3 Å². The molecule has 1 atom stereocenters. The molecule has 1 fully saturated rings. The van der Waals surface area contributed by atoms with Crippen molar-refractivity contribution in [3.05, 3.63) is 36.9 Å². The van der Waals surface area contributed by atoms with E-state index in [9.17, 15) is 9.90 Å². The van der Waals surface area contributed by atoms with Gasteiger partial charge in [-0.2, -0.15) is 0 Å². The lowest BCUT2D eigenvalue weighted by molar-refractivity contribution is -0.110. The van der Waals surface area contributed by atoms with Crippen molar-refractivity contribution < 1.29 is 9.90 Å². The summed E-state index contributed by atoms with van der Waals surface area (Å²) in [5, 5.41) is 16.8. The molecule has 8 heteroatoms. The van der Waals surface area contributed by atoms with Crippen LogP contribution in [0.2, 0.25) is 0 Å². The molecule has 0 bridgehead atoms. The zero-order valence-electron chi connectivity index (χ0n) is 24.5. The molecule has 0 amide bonds. The normalized spacial score (nSPS) is 18.5. The Morgan fingerprint density at radius 1 is 0.919 bits per heavy atom. The SMILES string of the molecule is C=C(C)CN1CCN(CC)CCN(C(=C)NCCCCC(C=O)NC(C)(C)C)CCN(CC(=C)O)CC1. The first-order valence-electron chi connectivity index (χ1n) is 14.0. The molecule has 0 aromatic carbocycles. The van der Waals surface area contributed by atoms with E-state index in [0.717, 1.165) is 103 Å². The molecular weight excluding hydrogens is 464 g/mol. The van der Waals surface area contributed by atoms with Crippen LogP contribution in [0.5, 0.6) is 0 Å². The average molecular weight is 521 g/mol. The minimum absolute atomic E-state index is 0.0649. The van der Waals surface area contributed by atoms with Crippen LogP contribution in [0, 0.1) is 0 Å². The molecule has 1 saturated heterocycles. The largest absolute Gasteiger partial charge is 0.512 e. The van der Waals surface area contributed by atoms with Gasteiger partial charge in [0.1, 0.15) is 6.29 Å². The first-order valence-corrected chi connectivity index (χ1v) is 14.0. The summed E-state index contributed by atoms with van der Waals surface area (Å²) in [6, 6.07) is -0.100. The molecule has 1 aliphatic rings. The second-order valence-corrected chi connectivity index (χ2v) is 11.5. The number of hydrogen-bond donors (Lipinski definition) is 3. The molecule has 0 aromatic heterocycles. The topological polar surface area (TPSA) is 74.3 Å². The Kier molecular flexibility index (Phi) is 15.8. The van der Waals surface area contributed by atoms with Gasteiger partial charge in [-0.05, 0) is 53.5 Å². The summed E-state index contributed by atoms with van der Waals surface area (Å²) in [6.45, 7) is 33.3. The predicted octanol–water partition coefficient (Wildman–Crippen LogP) is 3.06. The van der Waals surface area contributed by atoms with Crippen LogP contribution in [-0.2, 0) is 4.79 Å². The molecule has 3 N–H and O–H groups in total. The third-order valence-corrected chi connectivity index (χ3v) is 6.62. The molecule has 0 aliphatic carbocycles. The highest BCUT2D eigenvalue weighted by Gasteiger charge is 2.18. The Morgan fingerprint density at radius 2 is 1.46 bits per heavy atom. The number of nitrogens with zero attached hydrogens (tertiary/aromatic N) is 4. The number of carbonyl (C=O) groups excluding carboxylic acids is 1. The van der Waals surface area contributed by atoms with Gasteiger partial charge >= 0.3 is 0 Å². The van der Waals surface area contributed by atoms with Gasteiger partial charge in [0.2, 0.25) is 0 Å². The van der Waals surface area contributed by atoms with Crippen LogP contribution in [0.3, 0.4) is 0 Å². The van der Waals surface area contributed by atoms with E-state index in [4.69, 9.17) is 0 Å². The van der Waals surface area contributed by atoms with Crippen LogP contribution in [0.25, 0.3) is 0 Å². The van der Waals surface area contributed by atoms with Gasteiger partial charge in [0, 0.05) is 71.0 Å². The number of nitrogens with one attached hydrogen (secondary N) is 2. The van der Waals surface area contributed by atoms with E-state index < -0.39 is 0 Å². The number of likely N-dealkylation sites (N-methyl/N-ethyl adjacent to an activating group) is 1. The zero-order chi connectivity index (χ0) is 27.8. The Hall–Kier alpha value is -1.87. The molecule has 0 spiro atoms. The molecule has 214 valence electrons. The number of hydrogen-bond acceptors (Lipinski definition) is 8. The van der Waals surface area contributed by atoms with E-state index in [1.165, 1.54) is 5.57 Å². The number of aliphatic hydroxyl groups is 1. The fourth-order valence-electron chi connectivity index (χ4n) is 4.64. The molecular formula is C29H56N6O2. The van der Waals surface area contributed by atoms with Crippen molar-refractivity contribution in [2.75, 3.05) is 78.5 Å². The van der Waals surface area contributed by atoms with Gasteiger partial charge in [0.15, 0.2) is 0 Å². The summed E-state index contributed by atoms with van der Waals surface area (Å²) in [4.78, 5) is 21.0. The second kappa shape index (κ2) is 17.6. The quantitative estimate of drug-likeness (QED) is 0.140. The van der Waals surface area contributed by atoms with Gasteiger partial charge in [-0.1, -0.05) is 32.2 Å². The monoisotopic (exact) mass is 520 g/mol. The number of carbonyl (C=O) groups is 1. The Bertz CT molecular complexity index is 705. The van der Waals surface area contributed by atoms with E-state index in [0.29, 0.717) is 6.54 Å². The smallest absolute Gasteiger partial charge is 0.136 e. The highest BCUT2D eigenvalue weighted by atomic mass is 16.3. The summed E-state index contributed by atoms with van der Waals surface area (Å²) in [7, 11) is 0. The highest BCUT2D eigenvalue weighted by Crippen LogP contribution is 2.08. The average Bonchev–Trinajstić information content (AvgIpc) is 2.80. The van der Waals surface area contributed by atoms with Crippen LogP contribution in [0.4, 0.5) is 0 Å². The lowest BCUT2D eigenvalue weighted by atomic mass is 10.0. The molecule has 8 nitrogen and oxygen atoms in total. The minimum atomic E-state index is -0.100. The van der Waals surface area contributed by atoms with E-state index in [2.05, 4.69) is 84.6 Å².